The van der Waals surface area contributed by atoms with E-state index < -0.39 is 0 Å². The number of amides is 1. The van der Waals surface area contributed by atoms with Crippen LogP contribution >= 0.6 is 36.2 Å². The SMILES string of the molecule is CC(NCCNC(=O)C1=CC(C)(C)NC1(C)C)c1cccs1.Cl.Cl. The summed E-state index contributed by atoms with van der Waals surface area (Å²) in [5.74, 6) is 0.0219. The van der Waals surface area contributed by atoms with Gasteiger partial charge in [0.05, 0.1) is 0 Å². The Morgan fingerprint density at radius 2 is 1.92 bits per heavy atom. The van der Waals surface area contributed by atoms with Gasteiger partial charge in [0.15, 0.2) is 0 Å². The monoisotopic (exact) mass is 393 g/mol. The summed E-state index contributed by atoms with van der Waals surface area (Å²) in [5, 5.41) is 12.0. The van der Waals surface area contributed by atoms with E-state index in [0.717, 1.165) is 12.1 Å². The number of carbonyl (C=O) groups excluding carboxylic acids is 1. The lowest BCUT2D eigenvalue weighted by Crippen LogP contribution is -2.48. The maximum Gasteiger partial charge on any atom is 0.248 e. The van der Waals surface area contributed by atoms with Crippen LogP contribution in [0.2, 0.25) is 0 Å². The number of nitrogens with one attached hydrogen (secondary N) is 3. The van der Waals surface area contributed by atoms with Crippen molar-refractivity contribution in [1.29, 1.82) is 0 Å². The first-order valence-corrected chi connectivity index (χ1v) is 8.67. The molecule has 7 heteroatoms. The highest BCUT2D eigenvalue weighted by Crippen LogP contribution is 2.29. The maximum atomic E-state index is 12.4. The third-order valence-corrected chi connectivity index (χ3v) is 4.94. The molecule has 0 fully saturated rings. The Morgan fingerprint density at radius 3 is 2.42 bits per heavy atom. The summed E-state index contributed by atoms with van der Waals surface area (Å²) in [7, 11) is 0. The number of rotatable bonds is 6. The molecule has 1 atom stereocenters. The standard InChI is InChI=1S/C17H27N3OS.2ClH/c1-12(14-7-6-10-22-14)18-8-9-19-15(21)13-11-16(2,3)20-17(13,4)5;;/h6-7,10-12,18,20H,8-9H2,1-5H3,(H,19,21);2*1H. The summed E-state index contributed by atoms with van der Waals surface area (Å²) in [5.41, 5.74) is 0.400. The highest BCUT2D eigenvalue weighted by molar-refractivity contribution is 7.10. The van der Waals surface area contributed by atoms with Crippen LogP contribution in [0.1, 0.15) is 45.5 Å². The summed E-state index contributed by atoms with van der Waals surface area (Å²) in [6.07, 6.45) is 2.03. The second kappa shape index (κ2) is 9.20. The van der Waals surface area contributed by atoms with Crippen LogP contribution in [0.25, 0.3) is 0 Å². The van der Waals surface area contributed by atoms with E-state index in [4.69, 9.17) is 0 Å². The molecule has 1 aliphatic heterocycles. The van der Waals surface area contributed by atoms with Crippen molar-refractivity contribution in [3.05, 3.63) is 34.0 Å². The summed E-state index contributed by atoms with van der Waals surface area (Å²) in [4.78, 5) is 13.7. The smallest absolute Gasteiger partial charge is 0.248 e. The van der Waals surface area contributed by atoms with Crippen molar-refractivity contribution in [3.63, 3.8) is 0 Å². The predicted molar refractivity (Wildman–Crippen MR) is 108 cm³/mol. The Labute approximate surface area is 161 Å². The van der Waals surface area contributed by atoms with Gasteiger partial charge in [0.25, 0.3) is 0 Å². The van der Waals surface area contributed by atoms with E-state index in [2.05, 4.69) is 54.2 Å². The number of halogens is 2. The summed E-state index contributed by atoms with van der Waals surface area (Å²) in [6, 6.07) is 4.50. The number of hydrogen-bond donors (Lipinski definition) is 3. The highest BCUT2D eigenvalue weighted by atomic mass is 35.5. The Hall–Kier alpha value is -0.590. The van der Waals surface area contributed by atoms with E-state index in [0.29, 0.717) is 12.6 Å². The van der Waals surface area contributed by atoms with E-state index in [-0.39, 0.29) is 41.8 Å². The molecule has 1 aliphatic rings. The largest absolute Gasteiger partial charge is 0.351 e. The van der Waals surface area contributed by atoms with Crippen molar-refractivity contribution in [2.75, 3.05) is 13.1 Å². The van der Waals surface area contributed by atoms with Gasteiger partial charge in [-0.15, -0.1) is 36.2 Å². The molecule has 2 rings (SSSR count). The zero-order valence-corrected chi connectivity index (χ0v) is 17.4. The van der Waals surface area contributed by atoms with Gasteiger partial charge in [0, 0.05) is 40.7 Å². The summed E-state index contributed by atoms with van der Waals surface area (Å²) >= 11 is 1.75. The van der Waals surface area contributed by atoms with Crippen LogP contribution in [0.15, 0.2) is 29.2 Å². The first-order valence-electron chi connectivity index (χ1n) is 7.79. The lowest BCUT2D eigenvalue weighted by Gasteiger charge is -2.27. The van der Waals surface area contributed by atoms with Gasteiger partial charge in [-0.2, -0.15) is 0 Å². The Balaban J connectivity index is 0.00000264. The quantitative estimate of drug-likeness (QED) is 0.648. The minimum absolute atomic E-state index is 0. The van der Waals surface area contributed by atoms with Gasteiger partial charge < -0.3 is 10.6 Å². The summed E-state index contributed by atoms with van der Waals surface area (Å²) in [6.45, 7) is 11.8. The number of hydrogen-bond acceptors (Lipinski definition) is 4. The maximum absolute atomic E-state index is 12.4. The van der Waals surface area contributed by atoms with Crippen LogP contribution in [-0.4, -0.2) is 30.1 Å². The first-order chi connectivity index (χ1) is 10.2. The molecule has 0 aliphatic carbocycles. The van der Waals surface area contributed by atoms with Crippen LogP contribution < -0.4 is 16.0 Å². The van der Waals surface area contributed by atoms with Gasteiger partial charge in [0.1, 0.15) is 0 Å². The van der Waals surface area contributed by atoms with Crippen LogP contribution in [0.5, 0.6) is 0 Å². The Kier molecular flexibility index (Phi) is 8.98. The molecule has 0 saturated heterocycles. The zero-order valence-electron chi connectivity index (χ0n) is 14.9. The van der Waals surface area contributed by atoms with E-state index in [1.165, 1.54) is 4.88 Å². The van der Waals surface area contributed by atoms with Crippen molar-refractivity contribution in [2.45, 2.75) is 51.7 Å². The lowest BCUT2D eigenvalue weighted by molar-refractivity contribution is -0.118. The van der Waals surface area contributed by atoms with Crippen molar-refractivity contribution in [2.24, 2.45) is 0 Å². The number of carbonyl (C=O) groups is 1. The molecule has 3 N–H and O–H groups in total. The van der Waals surface area contributed by atoms with Crippen molar-refractivity contribution >= 4 is 42.1 Å². The van der Waals surface area contributed by atoms with E-state index >= 15 is 0 Å². The zero-order chi connectivity index (χ0) is 16.4. The third-order valence-electron chi connectivity index (χ3n) is 3.89. The molecule has 0 radical (unpaired) electrons. The Bertz CT molecular complexity index is 556. The fourth-order valence-corrected chi connectivity index (χ4v) is 3.76. The minimum Gasteiger partial charge on any atom is -0.351 e. The molecule has 1 aromatic heterocycles. The van der Waals surface area contributed by atoms with Crippen LogP contribution in [-0.2, 0) is 4.79 Å². The van der Waals surface area contributed by atoms with Gasteiger partial charge in [-0.1, -0.05) is 12.1 Å². The fraction of sp³-hybridized carbons (Fsp3) is 0.588. The third kappa shape index (κ3) is 6.05. The van der Waals surface area contributed by atoms with Crippen molar-refractivity contribution in [1.82, 2.24) is 16.0 Å². The van der Waals surface area contributed by atoms with E-state index in [1.54, 1.807) is 11.3 Å². The highest BCUT2D eigenvalue weighted by Gasteiger charge is 2.39. The number of thiophene rings is 1. The predicted octanol–water partition coefficient (Wildman–Crippen LogP) is 3.45. The van der Waals surface area contributed by atoms with Crippen molar-refractivity contribution < 1.29 is 4.79 Å². The van der Waals surface area contributed by atoms with Gasteiger partial charge >= 0.3 is 0 Å². The van der Waals surface area contributed by atoms with Gasteiger partial charge in [-0.05, 0) is 46.1 Å². The molecule has 138 valence electrons. The normalized spacial score (nSPS) is 18.8. The molecule has 24 heavy (non-hydrogen) atoms. The fourth-order valence-electron chi connectivity index (χ4n) is 3.00. The van der Waals surface area contributed by atoms with Gasteiger partial charge in [0.2, 0.25) is 5.91 Å². The van der Waals surface area contributed by atoms with E-state index in [1.807, 2.05) is 19.9 Å². The molecule has 0 spiro atoms. The molecular formula is C17H29Cl2N3OS. The molecule has 4 nitrogen and oxygen atoms in total. The molecule has 1 amide bonds. The van der Waals surface area contributed by atoms with Crippen molar-refractivity contribution in [3.8, 4) is 0 Å². The average molecular weight is 394 g/mol. The molecular weight excluding hydrogens is 365 g/mol. The topological polar surface area (TPSA) is 53.2 Å². The molecule has 0 aromatic carbocycles. The molecule has 0 saturated carbocycles. The van der Waals surface area contributed by atoms with Gasteiger partial charge in [-0.3, -0.25) is 10.1 Å². The van der Waals surface area contributed by atoms with Crippen LogP contribution in [0.4, 0.5) is 0 Å². The second-order valence-electron chi connectivity index (χ2n) is 6.98. The van der Waals surface area contributed by atoms with Crippen LogP contribution in [0.3, 0.4) is 0 Å². The molecule has 2 heterocycles. The molecule has 0 bridgehead atoms. The summed E-state index contributed by atoms with van der Waals surface area (Å²) < 4.78 is 0. The van der Waals surface area contributed by atoms with E-state index in [9.17, 15) is 4.79 Å². The second-order valence-corrected chi connectivity index (χ2v) is 7.96. The molecule has 1 aromatic rings. The minimum atomic E-state index is -0.286. The van der Waals surface area contributed by atoms with Gasteiger partial charge in [-0.25, -0.2) is 0 Å². The Morgan fingerprint density at radius 1 is 1.25 bits per heavy atom. The lowest BCUT2D eigenvalue weighted by atomic mass is 9.96. The van der Waals surface area contributed by atoms with Crippen LogP contribution in [0, 0.1) is 0 Å². The first kappa shape index (κ1) is 23.4. The molecule has 1 unspecified atom stereocenters. The average Bonchev–Trinajstić information content (AvgIpc) is 2.99.